The summed E-state index contributed by atoms with van der Waals surface area (Å²) >= 11 is 0.947. The number of methoxy groups -OCH3 is 1. The zero-order chi connectivity index (χ0) is 23.4. The zero-order valence-corrected chi connectivity index (χ0v) is 19.0. The predicted molar refractivity (Wildman–Crippen MR) is 120 cm³/mol. The molecule has 0 atom stereocenters. The van der Waals surface area contributed by atoms with Crippen LogP contribution >= 0.6 is 11.3 Å². The van der Waals surface area contributed by atoms with Gasteiger partial charge in [-0.2, -0.15) is 0 Å². The summed E-state index contributed by atoms with van der Waals surface area (Å²) < 4.78 is 17.2. The molecule has 3 aromatic heterocycles. The van der Waals surface area contributed by atoms with Crippen molar-refractivity contribution in [1.82, 2.24) is 9.38 Å². The first kappa shape index (κ1) is 23.0. The van der Waals surface area contributed by atoms with Crippen LogP contribution in [0, 0.1) is 13.8 Å². The van der Waals surface area contributed by atoms with Gasteiger partial charge in [0.2, 0.25) is 0 Å². The lowest BCUT2D eigenvalue weighted by atomic mass is 10.1. The van der Waals surface area contributed by atoms with E-state index in [2.05, 4.69) is 16.9 Å². The van der Waals surface area contributed by atoms with E-state index in [0.717, 1.165) is 11.3 Å². The van der Waals surface area contributed by atoms with Crippen molar-refractivity contribution in [2.45, 2.75) is 20.8 Å². The number of ether oxygens (including phenoxy) is 3. The number of fused-ring (bicyclic) bond motifs is 1. The van der Waals surface area contributed by atoms with E-state index in [1.165, 1.54) is 13.2 Å². The van der Waals surface area contributed by atoms with Gasteiger partial charge >= 0.3 is 11.9 Å². The zero-order valence-electron chi connectivity index (χ0n) is 18.2. The number of aryl methyl sites for hydroxylation is 1. The van der Waals surface area contributed by atoms with Gasteiger partial charge in [0.15, 0.2) is 11.4 Å². The smallest absolute Gasteiger partial charge is 0.348 e. The van der Waals surface area contributed by atoms with Crippen LogP contribution in [0.15, 0.2) is 31.0 Å². The lowest BCUT2D eigenvalue weighted by Gasteiger charge is -2.08. The second kappa shape index (κ2) is 9.65. The van der Waals surface area contributed by atoms with Crippen LogP contribution in [-0.4, -0.2) is 47.6 Å². The van der Waals surface area contributed by atoms with Gasteiger partial charge in [-0.25, -0.2) is 14.6 Å². The Morgan fingerprint density at radius 2 is 2.00 bits per heavy atom. The molecule has 0 spiro atoms. The van der Waals surface area contributed by atoms with Gasteiger partial charge < -0.3 is 19.5 Å². The summed E-state index contributed by atoms with van der Waals surface area (Å²) in [6.45, 7) is 8.66. The Labute approximate surface area is 188 Å². The number of nitrogens with zero attached hydrogens (tertiary/aromatic N) is 2. The molecule has 0 saturated heterocycles. The maximum Gasteiger partial charge on any atom is 0.348 e. The average Bonchev–Trinajstić information content (AvgIpc) is 3.27. The van der Waals surface area contributed by atoms with Crippen molar-refractivity contribution in [3.8, 4) is 5.75 Å². The van der Waals surface area contributed by atoms with E-state index in [1.54, 1.807) is 43.5 Å². The van der Waals surface area contributed by atoms with Gasteiger partial charge in [0.05, 0.1) is 25.0 Å². The second-order valence-electron chi connectivity index (χ2n) is 6.64. The van der Waals surface area contributed by atoms with E-state index in [9.17, 15) is 14.4 Å². The number of thiophene rings is 1. The molecule has 1 amide bonds. The number of aromatic nitrogens is 2. The molecule has 0 aliphatic rings. The Morgan fingerprint density at radius 1 is 1.25 bits per heavy atom. The largest absolute Gasteiger partial charge is 0.493 e. The Balaban J connectivity index is 2.04. The van der Waals surface area contributed by atoms with Gasteiger partial charge in [-0.1, -0.05) is 12.7 Å². The van der Waals surface area contributed by atoms with Crippen molar-refractivity contribution in [2.24, 2.45) is 0 Å². The SMILES string of the molecule is C=CCOC(=O)c1sc(NC(=O)c2c(C)nc3c(OC)cccn23)c(C(=O)OCC)c1C. The number of anilines is 1. The molecule has 0 bridgehead atoms. The summed E-state index contributed by atoms with van der Waals surface area (Å²) in [5.41, 5.74) is 1.72. The number of carbonyl (C=O) groups excluding carboxylic acids is 3. The van der Waals surface area contributed by atoms with Crippen LogP contribution in [0.25, 0.3) is 5.65 Å². The van der Waals surface area contributed by atoms with Crippen molar-refractivity contribution < 1.29 is 28.6 Å². The fourth-order valence-corrected chi connectivity index (χ4v) is 4.28. The van der Waals surface area contributed by atoms with Crippen LogP contribution in [0.4, 0.5) is 5.00 Å². The van der Waals surface area contributed by atoms with Crippen LogP contribution in [0.2, 0.25) is 0 Å². The molecule has 3 aromatic rings. The molecule has 10 heteroatoms. The molecule has 0 aliphatic heterocycles. The summed E-state index contributed by atoms with van der Waals surface area (Å²) in [4.78, 5) is 42.9. The molecular weight excluding hydrogens is 434 g/mol. The number of rotatable bonds is 8. The molecular formula is C22H23N3O6S. The first-order valence-electron chi connectivity index (χ1n) is 9.75. The van der Waals surface area contributed by atoms with Crippen LogP contribution in [0.5, 0.6) is 5.75 Å². The quantitative estimate of drug-likeness (QED) is 0.405. The van der Waals surface area contributed by atoms with Gasteiger partial charge in [-0.15, -0.1) is 11.3 Å². The van der Waals surface area contributed by atoms with E-state index >= 15 is 0 Å². The van der Waals surface area contributed by atoms with Crippen LogP contribution in [-0.2, 0) is 9.47 Å². The minimum Gasteiger partial charge on any atom is -0.493 e. The normalized spacial score (nSPS) is 10.6. The minimum atomic E-state index is -0.643. The molecule has 9 nitrogen and oxygen atoms in total. The molecule has 1 N–H and O–H groups in total. The van der Waals surface area contributed by atoms with E-state index < -0.39 is 17.8 Å². The fourth-order valence-electron chi connectivity index (χ4n) is 3.20. The third kappa shape index (κ3) is 4.22. The summed E-state index contributed by atoms with van der Waals surface area (Å²) in [5.74, 6) is -1.24. The first-order valence-corrected chi connectivity index (χ1v) is 10.6. The Bertz CT molecular complexity index is 1210. The molecule has 0 unspecified atom stereocenters. The van der Waals surface area contributed by atoms with Crippen molar-refractivity contribution in [1.29, 1.82) is 0 Å². The van der Waals surface area contributed by atoms with Crippen molar-refractivity contribution in [3.05, 3.63) is 58.4 Å². The minimum absolute atomic E-state index is 0.0233. The monoisotopic (exact) mass is 457 g/mol. The first-order chi connectivity index (χ1) is 15.3. The van der Waals surface area contributed by atoms with Gasteiger partial charge in [-0.05, 0) is 38.5 Å². The number of nitrogens with one attached hydrogen (secondary N) is 1. The van der Waals surface area contributed by atoms with Crippen LogP contribution in [0.3, 0.4) is 0 Å². The van der Waals surface area contributed by atoms with Gasteiger partial charge in [0.1, 0.15) is 22.2 Å². The highest BCUT2D eigenvalue weighted by atomic mass is 32.1. The van der Waals surface area contributed by atoms with E-state index in [1.807, 2.05) is 0 Å². The number of esters is 2. The lowest BCUT2D eigenvalue weighted by Crippen LogP contribution is -2.17. The number of carbonyl (C=O) groups is 3. The molecule has 3 rings (SSSR count). The number of hydrogen-bond acceptors (Lipinski definition) is 8. The molecule has 0 aromatic carbocycles. The van der Waals surface area contributed by atoms with E-state index in [-0.39, 0.29) is 34.3 Å². The summed E-state index contributed by atoms with van der Waals surface area (Å²) in [6.07, 6.45) is 3.13. The predicted octanol–water partition coefficient (Wildman–Crippen LogP) is 3.79. The Kier molecular flexibility index (Phi) is 6.94. The molecule has 168 valence electrons. The van der Waals surface area contributed by atoms with E-state index in [4.69, 9.17) is 14.2 Å². The molecule has 0 aliphatic carbocycles. The Morgan fingerprint density at radius 3 is 2.66 bits per heavy atom. The maximum absolute atomic E-state index is 13.2. The van der Waals surface area contributed by atoms with Gasteiger partial charge in [0.25, 0.3) is 5.91 Å². The van der Waals surface area contributed by atoms with Crippen molar-refractivity contribution in [3.63, 3.8) is 0 Å². The fraction of sp³-hybridized carbons (Fsp3) is 0.273. The highest BCUT2D eigenvalue weighted by Crippen LogP contribution is 2.35. The van der Waals surface area contributed by atoms with Crippen molar-refractivity contribution >= 4 is 39.8 Å². The molecule has 0 fully saturated rings. The molecule has 0 radical (unpaired) electrons. The Hall–Kier alpha value is -3.66. The number of amides is 1. The van der Waals surface area contributed by atoms with Gasteiger partial charge in [0, 0.05) is 6.20 Å². The second-order valence-corrected chi connectivity index (χ2v) is 7.66. The summed E-state index contributed by atoms with van der Waals surface area (Å²) in [7, 11) is 1.52. The summed E-state index contributed by atoms with van der Waals surface area (Å²) in [5, 5.41) is 2.93. The maximum atomic E-state index is 13.2. The van der Waals surface area contributed by atoms with Gasteiger partial charge in [-0.3, -0.25) is 9.20 Å². The standard InChI is InChI=1S/C22H23N3O6S/c1-6-11-31-22(28)17-12(3)15(21(27)30-7-2)20(32-17)24-19(26)16-13(4)23-18-14(29-5)9-8-10-25(16)18/h6,8-10H,1,7,11H2,2-5H3,(H,24,26). The lowest BCUT2D eigenvalue weighted by molar-refractivity contribution is 0.0527. The van der Waals surface area contributed by atoms with E-state index in [0.29, 0.717) is 22.7 Å². The third-order valence-corrected chi connectivity index (χ3v) is 5.78. The number of imidazole rings is 1. The molecule has 32 heavy (non-hydrogen) atoms. The molecule has 0 saturated carbocycles. The van der Waals surface area contributed by atoms with Crippen LogP contribution < -0.4 is 10.1 Å². The highest BCUT2D eigenvalue weighted by molar-refractivity contribution is 7.18. The number of hydrogen-bond donors (Lipinski definition) is 1. The highest BCUT2D eigenvalue weighted by Gasteiger charge is 2.28. The van der Waals surface area contributed by atoms with Crippen LogP contribution in [0.1, 0.15) is 48.7 Å². The summed E-state index contributed by atoms with van der Waals surface area (Å²) in [6, 6.07) is 3.48. The average molecular weight is 458 g/mol. The topological polar surface area (TPSA) is 108 Å². The van der Waals surface area contributed by atoms with Crippen molar-refractivity contribution in [2.75, 3.05) is 25.6 Å². The number of pyridine rings is 1. The third-order valence-electron chi connectivity index (χ3n) is 4.59. The molecule has 3 heterocycles.